The van der Waals surface area contributed by atoms with Crippen molar-refractivity contribution < 1.29 is 14.3 Å². The number of carbonyl (C=O) groups excluding carboxylic acids is 2. The van der Waals surface area contributed by atoms with E-state index < -0.39 is 12.0 Å². The molecule has 1 saturated heterocycles. The van der Waals surface area contributed by atoms with Crippen LogP contribution in [0.3, 0.4) is 0 Å². The number of benzene rings is 2. The summed E-state index contributed by atoms with van der Waals surface area (Å²) in [6.45, 7) is 0. The molecule has 0 bridgehead atoms. The molecule has 140 valence electrons. The number of hydrogen-bond acceptors (Lipinski definition) is 6. The van der Waals surface area contributed by atoms with Crippen LogP contribution in [0.4, 0.5) is 11.5 Å². The molecule has 3 aromatic rings. The number of anilines is 2. The van der Waals surface area contributed by atoms with Crippen molar-refractivity contribution in [2.24, 2.45) is 0 Å². The fourth-order valence-corrected chi connectivity index (χ4v) is 2.92. The van der Waals surface area contributed by atoms with E-state index in [9.17, 15) is 9.59 Å². The normalized spacial score (nSPS) is 15.7. The van der Waals surface area contributed by atoms with Gasteiger partial charge in [0.25, 0.3) is 0 Å². The molecule has 0 spiro atoms. The first kappa shape index (κ1) is 17.7. The number of ether oxygens (including phenoxy) is 1. The number of carbonyl (C=O) groups is 2. The number of nitrogens with one attached hydrogen (secondary N) is 2. The molecule has 1 aliphatic rings. The van der Waals surface area contributed by atoms with E-state index in [2.05, 4.69) is 20.6 Å². The summed E-state index contributed by atoms with van der Waals surface area (Å²) in [7, 11) is 0. The van der Waals surface area contributed by atoms with Crippen LogP contribution in [0.25, 0.3) is 11.3 Å². The van der Waals surface area contributed by atoms with Crippen molar-refractivity contribution >= 4 is 23.4 Å². The first-order chi connectivity index (χ1) is 13.7. The van der Waals surface area contributed by atoms with Gasteiger partial charge in [-0.3, -0.25) is 4.79 Å². The topological polar surface area (TPSA) is 93.2 Å². The maximum absolute atomic E-state index is 12.0. The predicted octanol–water partition coefficient (Wildman–Crippen LogP) is 3.07. The average molecular weight is 374 g/mol. The highest BCUT2D eigenvalue weighted by atomic mass is 16.5. The quantitative estimate of drug-likeness (QED) is 0.527. The Hall–Kier alpha value is -3.74. The Morgan fingerprint density at radius 2 is 1.86 bits per heavy atom. The molecule has 0 saturated carbocycles. The molecule has 7 nitrogen and oxygen atoms in total. The third-order valence-electron chi connectivity index (χ3n) is 4.36. The van der Waals surface area contributed by atoms with Crippen molar-refractivity contribution in [1.29, 1.82) is 0 Å². The van der Waals surface area contributed by atoms with Crippen molar-refractivity contribution in [2.75, 3.05) is 5.32 Å². The molecule has 2 aromatic carbocycles. The minimum absolute atomic E-state index is 0.124. The third-order valence-corrected chi connectivity index (χ3v) is 4.36. The molecule has 2 N–H and O–H groups in total. The average Bonchev–Trinajstić information content (AvgIpc) is 3.17. The molecule has 0 radical (unpaired) electrons. The van der Waals surface area contributed by atoms with E-state index in [0.717, 1.165) is 16.9 Å². The Kier molecular flexibility index (Phi) is 4.97. The highest BCUT2D eigenvalue weighted by molar-refractivity contribution is 5.89. The van der Waals surface area contributed by atoms with Gasteiger partial charge in [0, 0.05) is 23.7 Å². The summed E-state index contributed by atoms with van der Waals surface area (Å²) in [4.78, 5) is 31.8. The Morgan fingerprint density at radius 3 is 2.57 bits per heavy atom. The van der Waals surface area contributed by atoms with Gasteiger partial charge in [0.2, 0.25) is 5.91 Å². The lowest BCUT2D eigenvalue weighted by Crippen LogP contribution is -2.36. The van der Waals surface area contributed by atoms with Gasteiger partial charge in [0.05, 0.1) is 5.69 Å². The number of amides is 1. The van der Waals surface area contributed by atoms with Gasteiger partial charge >= 0.3 is 5.97 Å². The summed E-state index contributed by atoms with van der Waals surface area (Å²) in [5.74, 6) is 0.507. The van der Waals surface area contributed by atoms with E-state index >= 15 is 0 Å². The van der Waals surface area contributed by atoms with Gasteiger partial charge < -0.3 is 15.4 Å². The lowest BCUT2D eigenvalue weighted by Gasteiger charge is -2.11. The lowest BCUT2D eigenvalue weighted by molar-refractivity contribution is -0.137. The number of aromatic nitrogens is 2. The van der Waals surface area contributed by atoms with Gasteiger partial charge in [-0.1, -0.05) is 30.3 Å². The Morgan fingerprint density at radius 1 is 1.07 bits per heavy atom. The zero-order valence-electron chi connectivity index (χ0n) is 15.0. The summed E-state index contributed by atoms with van der Waals surface area (Å²) >= 11 is 0. The third kappa shape index (κ3) is 4.15. The van der Waals surface area contributed by atoms with Gasteiger partial charge in [0.1, 0.15) is 23.9 Å². The van der Waals surface area contributed by atoms with Crippen LogP contribution in [0.1, 0.15) is 12.8 Å². The zero-order valence-corrected chi connectivity index (χ0v) is 15.0. The predicted molar refractivity (Wildman–Crippen MR) is 104 cm³/mol. The SMILES string of the molecule is O=C1CCC(C(=O)Oc2ccc(Nc3cc(-c4ccccc4)ncn3)cc2)N1. The van der Waals surface area contributed by atoms with E-state index in [1.54, 1.807) is 24.3 Å². The number of hydrogen-bond donors (Lipinski definition) is 2. The highest BCUT2D eigenvalue weighted by Gasteiger charge is 2.28. The summed E-state index contributed by atoms with van der Waals surface area (Å²) in [5.41, 5.74) is 2.63. The highest BCUT2D eigenvalue weighted by Crippen LogP contribution is 2.23. The minimum Gasteiger partial charge on any atom is -0.425 e. The molecular formula is C21H18N4O3. The molecule has 1 atom stereocenters. The fraction of sp³-hybridized carbons (Fsp3) is 0.143. The molecule has 2 heterocycles. The number of rotatable bonds is 5. The molecule has 1 aromatic heterocycles. The molecule has 1 amide bonds. The molecule has 0 aliphatic carbocycles. The molecule has 28 heavy (non-hydrogen) atoms. The molecule has 7 heteroatoms. The fourth-order valence-electron chi connectivity index (χ4n) is 2.92. The second-order valence-corrected chi connectivity index (χ2v) is 6.38. The molecule has 1 fully saturated rings. The van der Waals surface area contributed by atoms with Crippen molar-refractivity contribution in [1.82, 2.24) is 15.3 Å². The molecular weight excluding hydrogens is 356 g/mol. The van der Waals surface area contributed by atoms with Crippen LogP contribution >= 0.6 is 0 Å². The Bertz CT molecular complexity index is 990. The maximum atomic E-state index is 12.0. The van der Waals surface area contributed by atoms with E-state index in [4.69, 9.17) is 4.74 Å². The number of nitrogens with zero attached hydrogens (tertiary/aromatic N) is 2. The van der Waals surface area contributed by atoms with Crippen LogP contribution < -0.4 is 15.4 Å². The van der Waals surface area contributed by atoms with Crippen LogP contribution in [0.15, 0.2) is 67.0 Å². The monoisotopic (exact) mass is 374 g/mol. The van der Waals surface area contributed by atoms with Gasteiger partial charge in [-0.25, -0.2) is 14.8 Å². The van der Waals surface area contributed by atoms with Crippen molar-refractivity contribution in [3.63, 3.8) is 0 Å². The standard InChI is InChI=1S/C21H18N4O3/c26-20-11-10-17(25-20)21(27)28-16-8-6-15(7-9-16)24-19-12-18(22-13-23-19)14-4-2-1-3-5-14/h1-9,12-13,17H,10-11H2,(H,25,26)(H,22,23,24). The second-order valence-electron chi connectivity index (χ2n) is 6.38. The lowest BCUT2D eigenvalue weighted by atomic mass is 10.1. The minimum atomic E-state index is -0.567. The zero-order chi connectivity index (χ0) is 19.3. The van der Waals surface area contributed by atoms with Gasteiger partial charge in [-0.2, -0.15) is 0 Å². The van der Waals surface area contributed by atoms with E-state index in [1.807, 2.05) is 36.4 Å². The van der Waals surface area contributed by atoms with E-state index in [1.165, 1.54) is 6.33 Å². The van der Waals surface area contributed by atoms with Crippen LogP contribution in [0.2, 0.25) is 0 Å². The van der Waals surface area contributed by atoms with Crippen molar-refractivity contribution in [3.05, 3.63) is 67.0 Å². The van der Waals surface area contributed by atoms with Gasteiger partial charge in [-0.15, -0.1) is 0 Å². The molecule has 4 rings (SSSR count). The summed E-state index contributed by atoms with van der Waals surface area (Å²) in [6, 6.07) is 18.1. The van der Waals surface area contributed by atoms with E-state index in [-0.39, 0.29) is 5.91 Å². The number of esters is 1. The summed E-state index contributed by atoms with van der Waals surface area (Å²) < 4.78 is 5.32. The first-order valence-electron chi connectivity index (χ1n) is 8.93. The van der Waals surface area contributed by atoms with Crippen LogP contribution in [0.5, 0.6) is 5.75 Å². The molecule has 1 aliphatic heterocycles. The van der Waals surface area contributed by atoms with E-state index in [0.29, 0.717) is 24.4 Å². The van der Waals surface area contributed by atoms with Gasteiger partial charge in [0.15, 0.2) is 0 Å². The smallest absolute Gasteiger partial charge is 0.334 e. The van der Waals surface area contributed by atoms with Crippen LogP contribution in [0, 0.1) is 0 Å². The Balaban J connectivity index is 1.41. The molecule has 1 unspecified atom stereocenters. The summed E-state index contributed by atoms with van der Waals surface area (Å²) in [5, 5.41) is 5.80. The summed E-state index contributed by atoms with van der Waals surface area (Å²) in [6.07, 6.45) is 2.33. The van der Waals surface area contributed by atoms with Crippen molar-refractivity contribution in [3.8, 4) is 17.0 Å². The largest absolute Gasteiger partial charge is 0.425 e. The Labute approximate surface area is 161 Å². The van der Waals surface area contributed by atoms with Crippen molar-refractivity contribution in [2.45, 2.75) is 18.9 Å². The first-order valence-corrected chi connectivity index (χ1v) is 8.93. The maximum Gasteiger partial charge on any atom is 0.334 e. The van der Waals surface area contributed by atoms with Crippen LogP contribution in [-0.4, -0.2) is 27.9 Å². The second kappa shape index (κ2) is 7.87. The van der Waals surface area contributed by atoms with Gasteiger partial charge in [-0.05, 0) is 30.7 Å². The van der Waals surface area contributed by atoms with Crippen LogP contribution in [-0.2, 0) is 9.59 Å².